The zero-order chi connectivity index (χ0) is 13.3. The van der Waals surface area contributed by atoms with E-state index < -0.39 is 5.97 Å². The largest absolute Gasteiger partial charge is 0.481 e. The van der Waals surface area contributed by atoms with Gasteiger partial charge in [0.1, 0.15) is 0 Å². The number of aromatic nitrogens is 1. The number of aromatic amines is 1. The zero-order valence-corrected chi connectivity index (χ0v) is 10.7. The summed E-state index contributed by atoms with van der Waals surface area (Å²) in [5.74, 6) is -0.727. The van der Waals surface area contributed by atoms with Gasteiger partial charge in [-0.25, -0.2) is 0 Å². The van der Waals surface area contributed by atoms with Gasteiger partial charge in [0, 0.05) is 28.9 Å². The Morgan fingerprint density at radius 1 is 1.37 bits per heavy atom. The minimum Gasteiger partial charge on any atom is -0.481 e. The summed E-state index contributed by atoms with van der Waals surface area (Å²) < 4.78 is 5.41. The molecule has 1 aromatic heterocycles. The molecule has 0 atom stereocenters. The summed E-state index contributed by atoms with van der Waals surface area (Å²) in [6.07, 6.45) is 3.83. The van der Waals surface area contributed by atoms with E-state index in [4.69, 9.17) is 9.84 Å². The average Bonchev–Trinajstić information content (AvgIpc) is 2.76. The molecular formula is C15H17NO3. The number of carboxylic acids is 1. The highest BCUT2D eigenvalue weighted by atomic mass is 16.5. The van der Waals surface area contributed by atoms with Crippen molar-refractivity contribution >= 4 is 16.9 Å². The number of fused-ring (bicyclic) bond motifs is 1. The summed E-state index contributed by atoms with van der Waals surface area (Å²) in [4.78, 5) is 13.9. The minimum absolute atomic E-state index is 0.00491. The summed E-state index contributed by atoms with van der Waals surface area (Å²) in [5, 5.41) is 9.99. The van der Waals surface area contributed by atoms with Crippen LogP contribution >= 0.6 is 0 Å². The number of hydrogen-bond acceptors (Lipinski definition) is 2. The molecule has 0 radical (unpaired) electrons. The Kier molecular flexibility index (Phi) is 3.03. The third-order valence-electron chi connectivity index (χ3n) is 3.96. The van der Waals surface area contributed by atoms with Crippen LogP contribution < -0.4 is 0 Å². The number of ether oxygens (including phenoxy) is 1. The predicted octanol–water partition coefficient (Wildman–Crippen LogP) is 2.69. The number of rotatable bonds is 5. The molecule has 19 heavy (non-hydrogen) atoms. The molecule has 0 bridgehead atoms. The first-order chi connectivity index (χ1) is 9.21. The quantitative estimate of drug-likeness (QED) is 0.867. The van der Waals surface area contributed by atoms with E-state index in [0.717, 1.165) is 11.9 Å². The van der Waals surface area contributed by atoms with Gasteiger partial charge in [-0.3, -0.25) is 4.79 Å². The smallest absolute Gasteiger partial charge is 0.303 e. The maximum atomic E-state index is 10.7. The van der Waals surface area contributed by atoms with E-state index in [1.54, 1.807) is 0 Å². The second kappa shape index (κ2) is 4.70. The minimum atomic E-state index is -0.727. The Bertz CT molecular complexity index is 598. The number of hydrogen-bond donors (Lipinski definition) is 2. The molecule has 0 amide bonds. The average molecular weight is 259 g/mol. The van der Waals surface area contributed by atoms with E-state index in [9.17, 15) is 4.79 Å². The SMILES string of the molecule is O=C(O)CCCC1(c2c[nH]c3ccccc23)COC1. The van der Waals surface area contributed by atoms with Crippen LogP contribution in [0.1, 0.15) is 24.8 Å². The van der Waals surface area contributed by atoms with Crippen molar-refractivity contribution in [2.75, 3.05) is 13.2 Å². The topological polar surface area (TPSA) is 62.3 Å². The monoisotopic (exact) mass is 259 g/mol. The lowest BCUT2D eigenvalue weighted by atomic mass is 9.74. The van der Waals surface area contributed by atoms with Crippen LogP contribution in [0, 0.1) is 0 Å². The number of benzene rings is 1. The predicted molar refractivity (Wildman–Crippen MR) is 72.3 cm³/mol. The van der Waals surface area contributed by atoms with E-state index in [2.05, 4.69) is 17.1 Å². The third-order valence-corrected chi connectivity index (χ3v) is 3.96. The first kappa shape index (κ1) is 12.2. The van der Waals surface area contributed by atoms with Gasteiger partial charge in [0.25, 0.3) is 0 Å². The van der Waals surface area contributed by atoms with Gasteiger partial charge in [-0.2, -0.15) is 0 Å². The molecule has 2 aromatic rings. The van der Waals surface area contributed by atoms with Crippen LogP contribution in [-0.4, -0.2) is 29.3 Å². The van der Waals surface area contributed by atoms with E-state index in [0.29, 0.717) is 19.6 Å². The summed E-state index contributed by atoms with van der Waals surface area (Å²) in [6, 6.07) is 8.21. The van der Waals surface area contributed by atoms with Gasteiger partial charge < -0.3 is 14.8 Å². The molecule has 1 aliphatic heterocycles. The molecule has 2 heterocycles. The number of H-pyrrole nitrogens is 1. The van der Waals surface area contributed by atoms with Crippen molar-refractivity contribution in [1.82, 2.24) is 4.98 Å². The van der Waals surface area contributed by atoms with Crippen molar-refractivity contribution in [2.45, 2.75) is 24.7 Å². The molecule has 1 aliphatic rings. The molecule has 4 nitrogen and oxygen atoms in total. The van der Waals surface area contributed by atoms with Crippen LogP contribution in [0.2, 0.25) is 0 Å². The lowest BCUT2D eigenvalue weighted by Gasteiger charge is -2.41. The van der Waals surface area contributed by atoms with Crippen LogP contribution in [0.4, 0.5) is 0 Å². The van der Waals surface area contributed by atoms with Crippen LogP contribution in [0.3, 0.4) is 0 Å². The lowest BCUT2D eigenvalue weighted by Crippen LogP contribution is -2.46. The first-order valence-corrected chi connectivity index (χ1v) is 6.57. The maximum Gasteiger partial charge on any atom is 0.303 e. The van der Waals surface area contributed by atoms with E-state index >= 15 is 0 Å². The fraction of sp³-hybridized carbons (Fsp3) is 0.400. The normalized spacial score (nSPS) is 17.3. The van der Waals surface area contributed by atoms with Crippen molar-refractivity contribution < 1.29 is 14.6 Å². The molecule has 0 saturated carbocycles. The standard InChI is InChI=1S/C15H17NO3/c17-14(18)6-3-7-15(9-19-10-15)12-8-16-13-5-2-1-4-11(12)13/h1-2,4-5,8,16H,3,6-7,9-10H2,(H,17,18). The fourth-order valence-corrected chi connectivity index (χ4v) is 2.87. The van der Waals surface area contributed by atoms with Gasteiger partial charge in [0.15, 0.2) is 0 Å². The summed E-state index contributed by atoms with van der Waals surface area (Å²) in [6.45, 7) is 1.38. The summed E-state index contributed by atoms with van der Waals surface area (Å²) in [5.41, 5.74) is 2.39. The first-order valence-electron chi connectivity index (χ1n) is 6.57. The molecule has 1 fully saturated rings. The Morgan fingerprint density at radius 3 is 2.84 bits per heavy atom. The highest BCUT2D eigenvalue weighted by Crippen LogP contribution is 2.40. The third kappa shape index (κ3) is 2.12. The molecule has 1 saturated heterocycles. The lowest BCUT2D eigenvalue weighted by molar-refractivity contribution is -0.137. The van der Waals surface area contributed by atoms with E-state index in [1.165, 1.54) is 10.9 Å². The van der Waals surface area contributed by atoms with Crippen molar-refractivity contribution in [3.8, 4) is 0 Å². The van der Waals surface area contributed by atoms with Gasteiger partial charge >= 0.3 is 5.97 Å². The molecule has 2 N–H and O–H groups in total. The van der Waals surface area contributed by atoms with Gasteiger partial charge in [-0.05, 0) is 24.5 Å². The molecule has 1 aromatic carbocycles. The zero-order valence-electron chi connectivity index (χ0n) is 10.7. The summed E-state index contributed by atoms with van der Waals surface area (Å²) in [7, 11) is 0. The van der Waals surface area contributed by atoms with E-state index in [1.807, 2.05) is 18.3 Å². The molecule has 0 spiro atoms. The fourth-order valence-electron chi connectivity index (χ4n) is 2.87. The van der Waals surface area contributed by atoms with E-state index in [-0.39, 0.29) is 11.8 Å². The number of para-hydroxylation sites is 1. The number of aliphatic carboxylic acids is 1. The molecular weight excluding hydrogens is 242 g/mol. The Balaban J connectivity index is 1.87. The number of carboxylic acid groups (broad SMARTS) is 1. The molecule has 0 unspecified atom stereocenters. The van der Waals surface area contributed by atoms with Crippen LogP contribution in [0.5, 0.6) is 0 Å². The maximum absolute atomic E-state index is 10.7. The van der Waals surface area contributed by atoms with Crippen molar-refractivity contribution in [2.24, 2.45) is 0 Å². The second-order valence-electron chi connectivity index (χ2n) is 5.27. The van der Waals surface area contributed by atoms with Crippen LogP contribution in [0.15, 0.2) is 30.5 Å². The van der Waals surface area contributed by atoms with Crippen LogP contribution in [0.25, 0.3) is 10.9 Å². The van der Waals surface area contributed by atoms with Crippen molar-refractivity contribution in [1.29, 1.82) is 0 Å². The van der Waals surface area contributed by atoms with Crippen molar-refractivity contribution in [3.05, 3.63) is 36.0 Å². The molecule has 3 rings (SSSR count). The molecule has 4 heteroatoms. The van der Waals surface area contributed by atoms with Gasteiger partial charge in [-0.15, -0.1) is 0 Å². The highest BCUT2D eigenvalue weighted by molar-refractivity contribution is 5.84. The Labute approximate surface area is 111 Å². The van der Waals surface area contributed by atoms with Gasteiger partial charge in [0.05, 0.1) is 13.2 Å². The van der Waals surface area contributed by atoms with Gasteiger partial charge in [0.2, 0.25) is 0 Å². The van der Waals surface area contributed by atoms with Crippen molar-refractivity contribution in [3.63, 3.8) is 0 Å². The molecule has 0 aliphatic carbocycles. The number of nitrogens with one attached hydrogen (secondary N) is 1. The highest BCUT2D eigenvalue weighted by Gasteiger charge is 2.41. The molecule has 100 valence electrons. The number of carbonyl (C=O) groups is 1. The Morgan fingerprint density at radius 2 is 2.16 bits per heavy atom. The second-order valence-corrected chi connectivity index (χ2v) is 5.27. The summed E-state index contributed by atoms with van der Waals surface area (Å²) >= 11 is 0. The van der Waals surface area contributed by atoms with Crippen LogP contribution in [-0.2, 0) is 14.9 Å². The Hall–Kier alpha value is -1.81. The van der Waals surface area contributed by atoms with Gasteiger partial charge in [-0.1, -0.05) is 18.2 Å².